The van der Waals surface area contributed by atoms with Crippen LogP contribution < -0.4 is 16.0 Å². The predicted molar refractivity (Wildman–Crippen MR) is 232 cm³/mol. The van der Waals surface area contributed by atoms with Gasteiger partial charge in [0, 0.05) is 18.9 Å². The van der Waals surface area contributed by atoms with Crippen molar-refractivity contribution in [2.24, 2.45) is 0 Å². The maximum Gasteiger partial charge on any atom is 0.407 e. The summed E-state index contributed by atoms with van der Waals surface area (Å²) >= 11 is 0. The van der Waals surface area contributed by atoms with Gasteiger partial charge >= 0.3 is 18.0 Å². The van der Waals surface area contributed by atoms with Gasteiger partial charge < -0.3 is 24.8 Å². The van der Waals surface area contributed by atoms with E-state index in [2.05, 4.69) is 28.1 Å². The molecule has 0 aliphatic heterocycles. The fourth-order valence-electron chi connectivity index (χ4n) is 7.94. The van der Waals surface area contributed by atoms with Crippen molar-refractivity contribution in [1.29, 1.82) is 0 Å². The van der Waals surface area contributed by atoms with Crippen LogP contribution in [0.25, 0.3) is 11.1 Å². The Morgan fingerprint density at radius 3 is 1.62 bits per heavy atom. The smallest absolute Gasteiger partial charge is 0.407 e. The topological polar surface area (TPSA) is 132 Å². The molecule has 5 aromatic rings. The molecular weight excluding hydrogens is 755 g/mol. The van der Waals surface area contributed by atoms with E-state index in [0.29, 0.717) is 19.4 Å². The number of ether oxygens (including phenoxy) is 3. The number of hydrogen-bond acceptors (Lipinski definition) is 8. The highest BCUT2D eigenvalue weighted by Crippen LogP contribution is 2.44. The number of amides is 2. The number of methoxy groups -OCH3 is 1. The molecule has 2 amide bonds. The number of carbonyl (C=O) groups excluding carboxylic acids is 4. The number of carbonyl (C=O) groups is 4. The molecular formula is C50H55N3O7. The first-order valence-corrected chi connectivity index (χ1v) is 20.6. The van der Waals surface area contributed by atoms with Crippen LogP contribution in [0.15, 0.2) is 140 Å². The van der Waals surface area contributed by atoms with Gasteiger partial charge in [-0.3, -0.25) is 14.9 Å². The van der Waals surface area contributed by atoms with E-state index in [9.17, 15) is 19.2 Å². The Hall–Kier alpha value is -6.26. The molecule has 0 aromatic heterocycles. The summed E-state index contributed by atoms with van der Waals surface area (Å²) in [6.07, 6.45) is 0.864. The minimum atomic E-state index is -0.953. The lowest BCUT2D eigenvalue weighted by Gasteiger charge is -2.40. The zero-order valence-electron chi connectivity index (χ0n) is 34.8. The number of rotatable bonds is 18. The van der Waals surface area contributed by atoms with Gasteiger partial charge in [0.15, 0.2) is 0 Å². The van der Waals surface area contributed by atoms with Crippen molar-refractivity contribution < 1.29 is 33.4 Å². The first-order valence-electron chi connectivity index (χ1n) is 20.6. The molecule has 1 aliphatic rings. The highest BCUT2D eigenvalue weighted by atomic mass is 16.6. The highest BCUT2D eigenvalue weighted by molar-refractivity contribution is 5.82. The lowest BCUT2D eigenvalue weighted by molar-refractivity contribution is -0.158. The summed E-state index contributed by atoms with van der Waals surface area (Å²) in [4.78, 5) is 52.9. The number of benzene rings is 5. The van der Waals surface area contributed by atoms with Crippen LogP contribution in [0.2, 0.25) is 0 Å². The van der Waals surface area contributed by atoms with E-state index < -0.39 is 41.3 Å². The summed E-state index contributed by atoms with van der Waals surface area (Å²) in [5.41, 5.74) is 5.51. The van der Waals surface area contributed by atoms with Gasteiger partial charge in [-0.1, -0.05) is 140 Å². The molecule has 0 saturated carbocycles. The Morgan fingerprint density at radius 1 is 0.617 bits per heavy atom. The molecule has 312 valence electrons. The van der Waals surface area contributed by atoms with Crippen molar-refractivity contribution in [1.82, 2.24) is 16.0 Å². The second-order valence-corrected chi connectivity index (χ2v) is 16.0. The third kappa shape index (κ3) is 10.7. The average molecular weight is 810 g/mol. The van der Waals surface area contributed by atoms with Crippen LogP contribution in [0, 0.1) is 0 Å². The lowest BCUT2D eigenvalue weighted by atomic mass is 9.76. The van der Waals surface area contributed by atoms with E-state index in [0.717, 1.165) is 38.9 Å². The number of alkyl carbamates (subject to hydrolysis) is 1. The van der Waals surface area contributed by atoms with Crippen LogP contribution in [0.5, 0.6) is 0 Å². The van der Waals surface area contributed by atoms with Crippen molar-refractivity contribution >= 4 is 23.9 Å². The third-order valence-electron chi connectivity index (χ3n) is 10.7. The van der Waals surface area contributed by atoms with Gasteiger partial charge in [-0.05, 0) is 85.4 Å². The van der Waals surface area contributed by atoms with Crippen LogP contribution in [-0.2, 0) is 34.1 Å². The molecule has 0 bridgehead atoms. The molecule has 0 saturated heterocycles. The van der Waals surface area contributed by atoms with Crippen LogP contribution >= 0.6 is 0 Å². The fraction of sp³-hybridized carbons (Fsp3) is 0.320. The van der Waals surface area contributed by atoms with Crippen molar-refractivity contribution in [3.63, 3.8) is 0 Å². The van der Waals surface area contributed by atoms with Crippen LogP contribution in [0.3, 0.4) is 0 Å². The van der Waals surface area contributed by atoms with Crippen molar-refractivity contribution in [2.75, 3.05) is 20.3 Å². The largest absolute Gasteiger partial charge is 0.467 e. The van der Waals surface area contributed by atoms with Gasteiger partial charge in [-0.15, -0.1) is 0 Å². The summed E-state index contributed by atoms with van der Waals surface area (Å²) in [5.74, 6) is -1.37. The number of unbranched alkanes of at least 4 members (excludes halogenated alkanes) is 1. The van der Waals surface area contributed by atoms with Gasteiger partial charge in [0.05, 0.1) is 12.6 Å². The van der Waals surface area contributed by atoms with Crippen molar-refractivity contribution in [3.8, 4) is 11.1 Å². The van der Waals surface area contributed by atoms with Crippen molar-refractivity contribution in [2.45, 2.75) is 82.0 Å². The first kappa shape index (κ1) is 43.3. The zero-order valence-corrected chi connectivity index (χ0v) is 34.8. The van der Waals surface area contributed by atoms with Crippen molar-refractivity contribution in [3.05, 3.63) is 167 Å². The fourth-order valence-corrected chi connectivity index (χ4v) is 7.94. The van der Waals surface area contributed by atoms with E-state index in [-0.39, 0.29) is 37.7 Å². The minimum absolute atomic E-state index is 0.0550. The van der Waals surface area contributed by atoms with E-state index in [1.165, 1.54) is 7.11 Å². The van der Waals surface area contributed by atoms with Gasteiger partial charge in [-0.25, -0.2) is 9.59 Å². The molecule has 10 nitrogen and oxygen atoms in total. The third-order valence-corrected chi connectivity index (χ3v) is 10.7. The van der Waals surface area contributed by atoms with E-state index in [1.807, 2.05) is 148 Å². The highest BCUT2D eigenvalue weighted by Gasteiger charge is 2.41. The summed E-state index contributed by atoms with van der Waals surface area (Å²) < 4.78 is 16.6. The molecule has 0 radical (unpaired) electrons. The van der Waals surface area contributed by atoms with Crippen LogP contribution in [0.1, 0.15) is 86.6 Å². The summed E-state index contributed by atoms with van der Waals surface area (Å²) in [6.45, 7) is 5.93. The molecule has 3 N–H and O–H groups in total. The SMILES string of the molecule is COC(=O)C(CCCCNC(=O)CCC(NC(c1ccccc1)(c1ccccc1)c1ccccc1)C(=O)OC(C)(C)C)NC(=O)OCC1c2ccccc2-c2ccccc21. The molecule has 5 aromatic carbocycles. The molecule has 0 heterocycles. The summed E-state index contributed by atoms with van der Waals surface area (Å²) in [5, 5.41) is 9.35. The molecule has 1 aliphatic carbocycles. The molecule has 0 spiro atoms. The molecule has 0 fully saturated rings. The molecule has 60 heavy (non-hydrogen) atoms. The molecule has 10 heteroatoms. The van der Waals surface area contributed by atoms with Gasteiger partial charge in [0.2, 0.25) is 5.91 Å². The quantitative estimate of drug-likeness (QED) is 0.0348. The number of hydrogen-bond donors (Lipinski definition) is 3. The normalized spacial score (nSPS) is 13.3. The van der Waals surface area contributed by atoms with Crippen LogP contribution in [-0.4, -0.2) is 61.9 Å². The minimum Gasteiger partial charge on any atom is -0.467 e. The Balaban J connectivity index is 1.05. The van der Waals surface area contributed by atoms with E-state index in [1.54, 1.807) is 0 Å². The van der Waals surface area contributed by atoms with E-state index >= 15 is 0 Å². The number of esters is 2. The Kier molecular flexibility index (Phi) is 14.5. The Labute approximate surface area is 353 Å². The first-order chi connectivity index (χ1) is 29.0. The lowest BCUT2D eigenvalue weighted by Crippen LogP contribution is -2.54. The standard InChI is InChI=1S/C50H55N3O7/c1-49(2,3)60-47(56)44(53-50(35-20-8-5-9-21-35,36-22-10-6-11-23-36)37-24-12-7-13-25-37)31-32-45(54)51-33-19-18-30-43(46(55)58-4)52-48(57)59-34-42-40-28-16-14-26-38(40)39-27-15-17-29-41(39)42/h5-17,20-29,42-44,53H,18-19,30-34H2,1-4H3,(H,51,54)(H,52,57). The Morgan fingerprint density at radius 2 is 1.12 bits per heavy atom. The second kappa shape index (κ2) is 20.1. The number of nitrogens with one attached hydrogen (secondary N) is 3. The maximum atomic E-state index is 14.0. The molecule has 6 rings (SSSR count). The monoisotopic (exact) mass is 809 g/mol. The second-order valence-electron chi connectivity index (χ2n) is 16.0. The number of fused-ring (bicyclic) bond motifs is 3. The van der Waals surface area contributed by atoms with Gasteiger partial charge in [0.1, 0.15) is 24.3 Å². The van der Waals surface area contributed by atoms with Gasteiger partial charge in [-0.2, -0.15) is 0 Å². The summed E-state index contributed by atoms with van der Waals surface area (Å²) in [6, 6.07) is 44.3. The van der Waals surface area contributed by atoms with E-state index in [4.69, 9.17) is 14.2 Å². The zero-order chi connectivity index (χ0) is 42.5. The average Bonchev–Trinajstić information content (AvgIpc) is 3.58. The van der Waals surface area contributed by atoms with Crippen LogP contribution in [0.4, 0.5) is 4.79 Å². The van der Waals surface area contributed by atoms with Gasteiger partial charge in [0.25, 0.3) is 0 Å². The molecule has 2 unspecified atom stereocenters. The predicted octanol–water partition coefficient (Wildman–Crippen LogP) is 8.43. The summed E-state index contributed by atoms with van der Waals surface area (Å²) in [7, 11) is 1.28. The Bertz CT molecular complexity index is 2060. The molecule has 2 atom stereocenters. The maximum absolute atomic E-state index is 14.0.